The van der Waals surface area contributed by atoms with Crippen LogP contribution in [0.2, 0.25) is 0 Å². The first-order chi connectivity index (χ1) is 11.6. The van der Waals surface area contributed by atoms with E-state index in [1.165, 1.54) is 24.8 Å². The molecule has 3 rings (SSSR count). The maximum Gasteiger partial charge on any atom is 0.317 e. The number of hydrogen-bond donors (Lipinski definition) is 2. The lowest BCUT2D eigenvalue weighted by Crippen LogP contribution is -2.47. The number of aliphatic hydroxyl groups is 1. The van der Waals surface area contributed by atoms with Crippen molar-refractivity contribution in [3.05, 3.63) is 35.9 Å². The summed E-state index contributed by atoms with van der Waals surface area (Å²) in [7, 11) is 0. The number of urea groups is 1. The van der Waals surface area contributed by atoms with Gasteiger partial charge < -0.3 is 15.3 Å². The van der Waals surface area contributed by atoms with Gasteiger partial charge in [-0.25, -0.2) is 4.79 Å². The zero-order valence-corrected chi connectivity index (χ0v) is 14.7. The van der Waals surface area contributed by atoms with Gasteiger partial charge in [-0.2, -0.15) is 0 Å². The van der Waals surface area contributed by atoms with Crippen molar-refractivity contribution in [2.75, 3.05) is 13.1 Å². The second-order valence-electron chi connectivity index (χ2n) is 7.47. The van der Waals surface area contributed by atoms with Crippen molar-refractivity contribution >= 4 is 6.03 Å². The van der Waals surface area contributed by atoms with Gasteiger partial charge in [0.1, 0.15) is 0 Å². The first-order valence-corrected chi connectivity index (χ1v) is 9.42. The fourth-order valence-electron chi connectivity index (χ4n) is 4.15. The highest BCUT2D eigenvalue weighted by molar-refractivity contribution is 5.75. The minimum absolute atomic E-state index is 0.0796. The third-order valence-corrected chi connectivity index (χ3v) is 5.65. The Morgan fingerprint density at radius 2 is 2.00 bits per heavy atom. The Bertz CT molecular complexity index is 528. The Balaban J connectivity index is 1.58. The van der Waals surface area contributed by atoms with Crippen LogP contribution < -0.4 is 5.32 Å². The lowest BCUT2D eigenvalue weighted by molar-refractivity contribution is 0.137. The van der Waals surface area contributed by atoms with Crippen molar-refractivity contribution in [2.45, 2.75) is 63.5 Å². The summed E-state index contributed by atoms with van der Waals surface area (Å²) >= 11 is 0. The van der Waals surface area contributed by atoms with Gasteiger partial charge in [-0.3, -0.25) is 0 Å². The van der Waals surface area contributed by atoms with Crippen LogP contribution >= 0.6 is 0 Å². The number of aliphatic hydroxyl groups excluding tert-OH is 1. The van der Waals surface area contributed by atoms with E-state index >= 15 is 0 Å². The third kappa shape index (κ3) is 4.10. The molecule has 1 heterocycles. The third-order valence-electron chi connectivity index (χ3n) is 5.65. The number of hydrogen-bond acceptors (Lipinski definition) is 2. The molecule has 0 spiro atoms. The summed E-state index contributed by atoms with van der Waals surface area (Å²) in [5.41, 5.74) is 1.18. The molecule has 4 nitrogen and oxygen atoms in total. The molecule has 3 atom stereocenters. The summed E-state index contributed by atoms with van der Waals surface area (Å²) in [5, 5.41) is 12.9. The van der Waals surface area contributed by atoms with Gasteiger partial charge in [-0.05, 0) is 50.5 Å². The first kappa shape index (κ1) is 17.3. The molecule has 1 aromatic carbocycles. The van der Waals surface area contributed by atoms with Crippen LogP contribution in [0.5, 0.6) is 0 Å². The molecule has 1 aromatic rings. The smallest absolute Gasteiger partial charge is 0.317 e. The largest absolute Gasteiger partial charge is 0.393 e. The maximum absolute atomic E-state index is 12.7. The molecule has 1 aliphatic carbocycles. The first-order valence-electron chi connectivity index (χ1n) is 9.42. The van der Waals surface area contributed by atoms with E-state index in [-0.39, 0.29) is 18.1 Å². The van der Waals surface area contributed by atoms with Crippen LogP contribution in [0.25, 0.3) is 0 Å². The monoisotopic (exact) mass is 330 g/mol. The highest BCUT2D eigenvalue weighted by atomic mass is 16.3. The molecule has 4 heteroatoms. The van der Waals surface area contributed by atoms with Crippen LogP contribution in [-0.2, 0) is 0 Å². The Hall–Kier alpha value is -1.55. The minimum atomic E-state index is -0.374. The summed E-state index contributed by atoms with van der Waals surface area (Å²) in [6, 6.07) is 10.7. The summed E-state index contributed by atoms with van der Waals surface area (Å²) in [6.45, 7) is 3.28. The Labute approximate surface area is 145 Å². The van der Waals surface area contributed by atoms with E-state index in [1.807, 2.05) is 25.1 Å². The van der Waals surface area contributed by atoms with Gasteiger partial charge in [0.05, 0.1) is 6.10 Å². The maximum atomic E-state index is 12.7. The average molecular weight is 330 g/mol. The number of likely N-dealkylation sites (tertiary alicyclic amines) is 1. The van der Waals surface area contributed by atoms with Gasteiger partial charge in [-0.1, -0.05) is 36.8 Å². The molecule has 2 amide bonds. The van der Waals surface area contributed by atoms with E-state index < -0.39 is 0 Å². The molecular weight excluding hydrogens is 300 g/mol. The molecule has 24 heavy (non-hydrogen) atoms. The van der Waals surface area contributed by atoms with Gasteiger partial charge in [0.25, 0.3) is 0 Å². The van der Waals surface area contributed by atoms with Gasteiger partial charge in [-0.15, -0.1) is 0 Å². The Kier molecular flexibility index (Phi) is 5.77. The highest BCUT2D eigenvalue weighted by Crippen LogP contribution is 2.37. The second-order valence-corrected chi connectivity index (χ2v) is 7.47. The average Bonchev–Trinajstić information content (AvgIpc) is 2.99. The predicted octanol–water partition coefficient (Wildman–Crippen LogP) is 3.52. The lowest BCUT2D eigenvalue weighted by Gasteiger charge is -2.37. The van der Waals surface area contributed by atoms with Crippen molar-refractivity contribution in [1.82, 2.24) is 10.2 Å². The predicted molar refractivity (Wildman–Crippen MR) is 95.9 cm³/mol. The number of carbonyl (C=O) groups is 1. The molecule has 2 fully saturated rings. The van der Waals surface area contributed by atoms with Crippen LogP contribution in [0, 0.1) is 5.92 Å². The molecule has 1 saturated heterocycles. The topological polar surface area (TPSA) is 52.6 Å². The summed E-state index contributed by atoms with van der Waals surface area (Å²) in [6.07, 6.45) is 6.46. The van der Waals surface area contributed by atoms with Crippen LogP contribution in [0.3, 0.4) is 0 Å². The second kappa shape index (κ2) is 8.02. The molecule has 0 bridgehead atoms. The molecule has 2 aliphatic rings. The summed E-state index contributed by atoms with van der Waals surface area (Å²) in [4.78, 5) is 14.7. The van der Waals surface area contributed by atoms with Crippen molar-refractivity contribution in [1.29, 1.82) is 0 Å². The van der Waals surface area contributed by atoms with Gasteiger partial charge in [0.2, 0.25) is 0 Å². The molecule has 0 unspecified atom stereocenters. The standard InChI is InChI=1S/C20H30N2O2/c1-15(23)13-18(16-7-3-2-4-8-16)14-21-20(24)22-12-6-11-19(22)17-9-5-10-17/h2-4,7-8,15,17-19,23H,5-6,9-14H2,1H3,(H,21,24)/t15-,18-,19+/m0/s1. The number of rotatable bonds is 6. The molecule has 1 aliphatic heterocycles. The number of carbonyl (C=O) groups excluding carboxylic acids is 1. The fourth-order valence-corrected chi connectivity index (χ4v) is 4.15. The number of nitrogens with zero attached hydrogens (tertiary/aromatic N) is 1. The number of nitrogens with one attached hydrogen (secondary N) is 1. The van der Waals surface area contributed by atoms with Crippen LogP contribution in [0.4, 0.5) is 4.79 Å². The molecule has 0 radical (unpaired) electrons. The normalized spacial score (nSPS) is 23.6. The zero-order chi connectivity index (χ0) is 16.9. The molecular formula is C20H30N2O2. The Morgan fingerprint density at radius 3 is 2.62 bits per heavy atom. The molecule has 0 aromatic heterocycles. The minimum Gasteiger partial charge on any atom is -0.393 e. The van der Waals surface area contributed by atoms with Crippen LogP contribution in [0.1, 0.15) is 56.9 Å². The SMILES string of the molecule is C[C@H](O)C[C@@H](CNC(=O)N1CCC[C@@H]1C1CCC1)c1ccccc1. The van der Waals surface area contributed by atoms with Crippen molar-refractivity contribution < 1.29 is 9.90 Å². The van der Waals surface area contributed by atoms with E-state index in [9.17, 15) is 9.90 Å². The van der Waals surface area contributed by atoms with Gasteiger partial charge in [0, 0.05) is 25.0 Å². The van der Waals surface area contributed by atoms with Crippen molar-refractivity contribution in [3.63, 3.8) is 0 Å². The van der Waals surface area contributed by atoms with E-state index in [0.29, 0.717) is 19.0 Å². The highest BCUT2D eigenvalue weighted by Gasteiger charge is 2.37. The molecule has 2 N–H and O–H groups in total. The summed E-state index contributed by atoms with van der Waals surface area (Å²) in [5.74, 6) is 0.876. The van der Waals surface area contributed by atoms with E-state index in [0.717, 1.165) is 25.3 Å². The fraction of sp³-hybridized carbons (Fsp3) is 0.650. The van der Waals surface area contributed by atoms with E-state index in [4.69, 9.17) is 0 Å². The van der Waals surface area contributed by atoms with Crippen molar-refractivity contribution in [2.24, 2.45) is 5.92 Å². The van der Waals surface area contributed by atoms with Crippen molar-refractivity contribution in [3.8, 4) is 0 Å². The number of benzene rings is 1. The van der Waals surface area contributed by atoms with Gasteiger partial charge >= 0.3 is 6.03 Å². The molecule has 132 valence electrons. The van der Waals surface area contributed by atoms with Crippen LogP contribution in [-0.4, -0.2) is 41.3 Å². The van der Waals surface area contributed by atoms with E-state index in [2.05, 4.69) is 22.3 Å². The number of amides is 2. The molecule has 1 saturated carbocycles. The quantitative estimate of drug-likeness (QED) is 0.838. The Morgan fingerprint density at radius 1 is 1.25 bits per heavy atom. The van der Waals surface area contributed by atoms with Gasteiger partial charge in [0.15, 0.2) is 0 Å². The summed E-state index contributed by atoms with van der Waals surface area (Å²) < 4.78 is 0. The van der Waals surface area contributed by atoms with Crippen LogP contribution in [0.15, 0.2) is 30.3 Å². The zero-order valence-electron chi connectivity index (χ0n) is 14.7. The lowest BCUT2D eigenvalue weighted by atomic mass is 9.79. The van der Waals surface area contributed by atoms with E-state index in [1.54, 1.807) is 0 Å².